The van der Waals surface area contributed by atoms with Gasteiger partial charge in [-0.3, -0.25) is 4.79 Å². The number of carbonyl (C=O) groups excluding carboxylic acids is 1. The maximum absolute atomic E-state index is 12.4. The molecule has 3 rings (SSSR count). The maximum atomic E-state index is 12.4. The molecule has 1 saturated heterocycles. The summed E-state index contributed by atoms with van der Waals surface area (Å²) < 4.78 is 0. The maximum Gasteiger partial charge on any atom is 0.326 e. The molecule has 0 bridgehead atoms. The van der Waals surface area contributed by atoms with Crippen LogP contribution in [0, 0.1) is 5.92 Å². The van der Waals surface area contributed by atoms with E-state index < -0.39 is 12.0 Å². The lowest BCUT2D eigenvalue weighted by molar-refractivity contribution is -0.149. The van der Waals surface area contributed by atoms with Crippen LogP contribution in [0.3, 0.4) is 0 Å². The standard InChI is InChI=1S/C17H21NO3/c1-11-7-8-18(16(11)17(20)21)15(19)10-12-5-6-13-3-2-4-14(13)9-12/h5-6,9,11,16H,2-4,7-8,10H2,1H3,(H,20,21). The van der Waals surface area contributed by atoms with Gasteiger partial charge in [-0.15, -0.1) is 0 Å². The number of fused-ring (bicyclic) bond motifs is 1. The highest BCUT2D eigenvalue weighted by Gasteiger charge is 2.39. The number of nitrogens with zero attached hydrogens (tertiary/aromatic N) is 1. The molecule has 0 aromatic heterocycles. The largest absolute Gasteiger partial charge is 0.480 e. The molecule has 1 aromatic rings. The number of amides is 1. The normalized spacial score (nSPS) is 24.1. The molecule has 1 aliphatic heterocycles. The first-order valence-corrected chi connectivity index (χ1v) is 7.69. The quantitative estimate of drug-likeness (QED) is 0.925. The monoisotopic (exact) mass is 287 g/mol. The predicted octanol–water partition coefficient (Wildman–Crippen LogP) is 2.04. The summed E-state index contributed by atoms with van der Waals surface area (Å²) >= 11 is 0. The Morgan fingerprint density at radius 3 is 2.81 bits per heavy atom. The average Bonchev–Trinajstić information content (AvgIpc) is 3.04. The number of benzene rings is 1. The zero-order valence-corrected chi connectivity index (χ0v) is 12.3. The smallest absolute Gasteiger partial charge is 0.326 e. The van der Waals surface area contributed by atoms with Crippen LogP contribution < -0.4 is 0 Å². The molecule has 2 unspecified atom stereocenters. The van der Waals surface area contributed by atoms with Crippen LogP contribution in [0.4, 0.5) is 0 Å². The minimum Gasteiger partial charge on any atom is -0.480 e. The van der Waals surface area contributed by atoms with Crippen LogP contribution in [0.15, 0.2) is 18.2 Å². The van der Waals surface area contributed by atoms with Crippen LogP contribution in [0.1, 0.15) is 36.5 Å². The van der Waals surface area contributed by atoms with E-state index in [1.807, 2.05) is 13.0 Å². The zero-order valence-electron chi connectivity index (χ0n) is 12.3. The minimum atomic E-state index is -0.887. The first-order valence-electron chi connectivity index (χ1n) is 7.69. The SMILES string of the molecule is CC1CCN(C(=O)Cc2ccc3c(c2)CCC3)C1C(=O)O. The van der Waals surface area contributed by atoms with Gasteiger partial charge in [-0.2, -0.15) is 0 Å². The highest BCUT2D eigenvalue weighted by atomic mass is 16.4. The molecule has 0 saturated carbocycles. The number of aryl methyl sites for hydroxylation is 2. The van der Waals surface area contributed by atoms with Crippen LogP contribution in [0.5, 0.6) is 0 Å². The molecule has 21 heavy (non-hydrogen) atoms. The number of carboxylic acid groups (broad SMARTS) is 1. The Hall–Kier alpha value is -1.84. The third-order valence-electron chi connectivity index (χ3n) is 4.79. The Bertz CT molecular complexity index is 581. The molecule has 0 radical (unpaired) electrons. The first kappa shape index (κ1) is 14.1. The van der Waals surface area contributed by atoms with E-state index in [0.717, 1.165) is 24.8 Å². The predicted molar refractivity (Wildman–Crippen MR) is 79.1 cm³/mol. The van der Waals surface area contributed by atoms with E-state index in [9.17, 15) is 14.7 Å². The highest BCUT2D eigenvalue weighted by Crippen LogP contribution is 2.26. The lowest BCUT2D eigenvalue weighted by Crippen LogP contribution is -2.43. The third kappa shape index (κ3) is 2.67. The van der Waals surface area contributed by atoms with Gasteiger partial charge in [0.15, 0.2) is 0 Å². The van der Waals surface area contributed by atoms with Crippen molar-refractivity contribution in [3.05, 3.63) is 34.9 Å². The lowest BCUT2D eigenvalue weighted by atomic mass is 10.0. The van der Waals surface area contributed by atoms with Gasteiger partial charge in [0.05, 0.1) is 6.42 Å². The number of carboxylic acids is 1. The molecule has 0 spiro atoms. The number of likely N-dealkylation sites (tertiary alicyclic amines) is 1. The van der Waals surface area contributed by atoms with E-state index in [1.165, 1.54) is 17.5 Å². The van der Waals surface area contributed by atoms with E-state index in [1.54, 1.807) is 4.90 Å². The Morgan fingerprint density at radius 2 is 2.05 bits per heavy atom. The van der Waals surface area contributed by atoms with E-state index in [0.29, 0.717) is 13.0 Å². The summed E-state index contributed by atoms with van der Waals surface area (Å²) in [5.74, 6) is -0.918. The molecule has 1 N–H and O–H groups in total. The fourth-order valence-electron chi connectivity index (χ4n) is 3.61. The number of carbonyl (C=O) groups is 2. The minimum absolute atomic E-state index is 0.0338. The zero-order chi connectivity index (χ0) is 15.0. The number of aliphatic carboxylic acids is 1. The van der Waals surface area contributed by atoms with Crippen molar-refractivity contribution in [2.24, 2.45) is 5.92 Å². The van der Waals surface area contributed by atoms with Gasteiger partial charge in [-0.05, 0) is 48.3 Å². The topological polar surface area (TPSA) is 57.6 Å². The van der Waals surface area contributed by atoms with Crippen molar-refractivity contribution in [3.8, 4) is 0 Å². The fourth-order valence-corrected chi connectivity index (χ4v) is 3.61. The summed E-state index contributed by atoms with van der Waals surface area (Å²) in [5.41, 5.74) is 3.75. The van der Waals surface area contributed by atoms with Crippen molar-refractivity contribution >= 4 is 11.9 Å². The molecular formula is C17H21NO3. The summed E-state index contributed by atoms with van der Waals surface area (Å²) in [6, 6.07) is 5.59. The molecular weight excluding hydrogens is 266 g/mol. The summed E-state index contributed by atoms with van der Waals surface area (Å²) in [4.78, 5) is 25.3. The summed E-state index contributed by atoms with van der Waals surface area (Å²) in [6.45, 7) is 2.46. The second-order valence-corrected chi connectivity index (χ2v) is 6.27. The number of hydrogen-bond acceptors (Lipinski definition) is 2. The molecule has 1 aliphatic carbocycles. The van der Waals surface area contributed by atoms with E-state index >= 15 is 0 Å². The molecule has 2 aliphatic rings. The molecule has 1 amide bonds. The molecule has 4 heteroatoms. The highest BCUT2D eigenvalue weighted by molar-refractivity contribution is 5.85. The Labute approximate surface area is 124 Å². The summed E-state index contributed by atoms with van der Waals surface area (Å²) in [6.07, 6.45) is 4.50. The van der Waals surface area contributed by atoms with E-state index in [-0.39, 0.29) is 11.8 Å². The van der Waals surface area contributed by atoms with E-state index in [4.69, 9.17) is 0 Å². The number of hydrogen-bond donors (Lipinski definition) is 1. The van der Waals surface area contributed by atoms with Gasteiger partial charge in [0, 0.05) is 6.54 Å². The Morgan fingerprint density at radius 1 is 1.29 bits per heavy atom. The van der Waals surface area contributed by atoms with E-state index in [2.05, 4.69) is 12.1 Å². The van der Waals surface area contributed by atoms with Gasteiger partial charge in [0.1, 0.15) is 6.04 Å². The molecule has 4 nitrogen and oxygen atoms in total. The van der Waals surface area contributed by atoms with Gasteiger partial charge in [-0.25, -0.2) is 4.79 Å². The van der Waals surface area contributed by atoms with Crippen molar-refractivity contribution in [1.82, 2.24) is 4.90 Å². The molecule has 1 aromatic carbocycles. The van der Waals surface area contributed by atoms with Gasteiger partial charge in [0.2, 0.25) is 5.91 Å². The van der Waals surface area contributed by atoms with Gasteiger partial charge in [-0.1, -0.05) is 25.1 Å². The van der Waals surface area contributed by atoms with Crippen LogP contribution in [-0.2, 0) is 28.9 Å². The van der Waals surface area contributed by atoms with Crippen molar-refractivity contribution in [1.29, 1.82) is 0 Å². The van der Waals surface area contributed by atoms with Crippen molar-refractivity contribution < 1.29 is 14.7 Å². The Kier molecular flexibility index (Phi) is 3.70. The van der Waals surface area contributed by atoms with Gasteiger partial charge < -0.3 is 10.0 Å². The van der Waals surface area contributed by atoms with Crippen molar-refractivity contribution in [2.45, 2.75) is 45.1 Å². The number of rotatable bonds is 3. The van der Waals surface area contributed by atoms with Crippen molar-refractivity contribution in [3.63, 3.8) is 0 Å². The van der Waals surface area contributed by atoms with Gasteiger partial charge >= 0.3 is 5.97 Å². The second-order valence-electron chi connectivity index (χ2n) is 6.27. The van der Waals surface area contributed by atoms with Crippen LogP contribution in [-0.4, -0.2) is 34.5 Å². The summed E-state index contributed by atoms with van der Waals surface area (Å²) in [7, 11) is 0. The fraction of sp³-hybridized carbons (Fsp3) is 0.529. The third-order valence-corrected chi connectivity index (χ3v) is 4.79. The average molecular weight is 287 g/mol. The molecule has 112 valence electrons. The first-order chi connectivity index (χ1) is 10.1. The second kappa shape index (κ2) is 5.51. The Balaban J connectivity index is 1.73. The van der Waals surface area contributed by atoms with Crippen LogP contribution in [0.25, 0.3) is 0 Å². The van der Waals surface area contributed by atoms with Gasteiger partial charge in [0.25, 0.3) is 0 Å². The molecule has 1 fully saturated rings. The van der Waals surface area contributed by atoms with Crippen LogP contribution in [0.2, 0.25) is 0 Å². The van der Waals surface area contributed by atoms with Crippen LogP contribution >= 0.6 is 0 Å². The molecule has 1 heterocycles. The lowest BCUT2D eigenvalue weighted by Gasteiger charge is -2.23. The summed E-state index contributed by atoms with van der Waals surface area (Å²) in [5, 5.41) is 9.30. The van der Waals surface area contributed by atoms with Crippen molar-refractivity contribution in [2.75, 3.05) is 6.54 Å². The molecule has 2 atom stereocenters.